The topological polar surface area (TPSA) is 51.2 Å². The predicted octanol–water partition coefficient (Wildman–Crippen LogP) is 13.1. The van der Waals surface area contributed by atoms with Crippen molar-refractivity contribution in [1.82, 2.24) is 0 Å². The number of nitrogens with two attached hydrogens (primary N) is 1. The highest BCUT2D eigenvalue weighted by atomic mass is 32.1. The standard InChI is InChI=1S/C32H22N2OS.C7H12.C4H10/c1-18-21-10-7-11-22(20-14-15-28-25(16-20)23-8-3-5-12-27(23)35-28)32(21)34-26(19(2)33)17-30-31(18)24-9-4-6-13-29(24)36-30;1-3-5-7-6-4-2;1-3-4-2/h3-17,34H,1-2,33H2;3-4,6H,1,5,7H2,2H3;3-4H2,1-2H3/b26-17-;6-4-;. The van der Waals surface area contributed by atoms with Crippen LogP contribution in [0, 0.1) is 0 Å². The first-order chi connectivity index (χ1) is 22.9. The number of fused-ring (bicyclic) bond motifs is 7. The normalized spacial score (nSPS) is 13.3. The number of benzene rings is 4. The molecule has 0 aliphatic carbocycles. The van der Waals surface area contributed by atoms with E-state index in [4.69, 9.17) is 10.2 Å². The van der Waals surface area contributed by atoms with Crippen LogP contribution in [0.2, 0.25) is 0 Å². The van der Waals surface area contributed by atoms with E-state index in [9.17, 15) is 0 Å². The highest BCUT2D eigenvalue weighted by Gasteiger charge is 2.23. The van der Waals surface area contributed by atoms with E-state index in [1.807, 2.05) is 37.3 Å². The lowest BCUT2D eigenvalue weighted by atomic mass is 9.90. The average Bonchev–Trinajstić information content (AvgIpc) is 3.65. The van der Waals surface area contributed by atoms with Crippen LogP contribution in [-0.4, -0.2) is 0 Å². The van der Waals surface area contributed by atoms with Crippen molar-refractivity contribution < 1.29 is 4.42 Å². The van der Waals surface area contributed by atoms with Crippen molar-refractivity contribution in [3.8, 4) is 11.1 Å². The summed E-state index contributed by atoms with van der Waals surface area (Å²) in [5, 5.41) is 7.02. The lowest BCUT2D eigenvalue weighted by Gasteiger charge is -2.23. The smallest absolute Gasteiger partial charge is 0.135 e. The molecule has 47 heavy (non-hydrogen) atoms. The fourth-order valence-electron chi connectivity index (χ4n) is 5.54. The van der Waals surface area contributed by atoms with Gasteiger partial charge in [0.05, 0.1) is 11.4 Å². The van der Waals surface area contributed by atoms with Crippen LogP contribution in [0.4, 0.5) is 5.69 Å². The summed E-state index contributed by atoms with van der Waals surface area (Å²) >= 11 is 1.74. The number of anilines is 1. The van der Waals surface area contributed by atoms with Crippen LogP contribution in [0.15, 0.2) is 139 Å². The van der Waals surface area contributed by atoms with Gasteiger partial charge in [-0.2, -0.15) is 0 Å². The Bertz CT molecular complexity index is 2120. The number of hydrogen-bond donors (Lipinski definition) is 2. The molecule has 4 heteroatoms. The number of allylic oxidation sites excluding steroid dienone is 3. The molecule has 3 N–H and O–H groups in total. The Kier molecular flexibility index (Phi) is 11.0. The number of para-hydroxylation sites is 2. The quantitative estimate of drug-likeness (QED) is 0.141. The molecule has 1 aliphatic heterocycles. The van der Waals surface area contributed by atoms with Gasteiger partial charge in [-0.05, 0) is 61.2 Å². The third-order valence-corrected chi connectivity index (χ3v) is 9.27. The Morgan fingerprint density at radius 1 is 0.851 bits per heavy atom. The third kappa shape index (κ3) is 7.19. The van der Waals surface area contributed by atoms with Crippen molar-refractivity contribution in [2.24, 2.45) is 5.73 Å². The molecule has 0 amide bonds. The number of nitrogens with one attached hydrogen (secondary N) is 1. The van der Waals surface area contributed by atoms with Crippen LogP contribution >= 0.6 is 11.3 Å². The summed E-state index contributed by atoms with van der Waals surface area (Å²) in [4.78, 5) is 1.12. The molecule has 4 aromatic carbocycles. The maximum absolute atomic E-state index is 6.29. The fraction of sp³-hybridized carbons (Fsp3) is 0.163. The molecule has 2 aromatic heterocycles. The first-order valence-corrected chi connectivity index (χ1v) is 17.1. The first-order valence-electron chi connectivity index (χ1n) is 16.3. The Hall–Kier alpha value is -5.06. The molecule has 0 fully saturated rings. The van der Waals surface area contributed by atoms with Gasteiger partial charge in [-0.15, -0.1) is 17.9 Å². The molecule has 0 saturated carbocycles. The molecular weight excluding hydrogens is 593 g/mol. The average molecular weight is 637 g/mol. The molecular formula is C43H44N2OS. The van der Waals surface area contributed by atoms with Crippen LogP contribution in [0.25, 0.3) is 54.8 Å². The first kappa shape index (κ1) is 33.3. The van der Waals surface area contributed by atoms with Gasteiger partial charge in [0.1, 0.15) is 11.2 Å². The van der Waals surface area contributed by atoms with Gasteiger partial charge >= 0.3 is 0 Å². The van der Waals surface area contributed by atoms with Gasteiger partial charge in [-0.3, -0.25) is 0 Å². The van der Waals surface area contributed by atoms with E-state index in [1.54, 1.807) is 11.3 Å². The number of thiophene rings is 1. The van der Waals surface area contributed by atoms with Gasteiger partial charge in [-0.25, -0.2) is 0 Å². The molecule has 0 spiro atoms. The number of hydrogen-bond acceptors (Lipinski definition) is 4. The molecule has 0 bridgehead atoms. The molecule has 238 valence electrons. The van der Waals surface area contributed by atoms with E-state index in [2.05, 4.69) is 118 Å². The van der Waals surface area contributed by atoms with Gasteiger partial charge < -0.3 is 15.5 Å². The molecule has 1 aliphatic rings. The van der Waals surface area contributed by atoms with Crippen molar-refractivity contribution in [1.29, 1.82) is 0 Å². The van der Waals surface area contributed by atoms with Gasteiger partial charge in [0.2, 0.25) is 0 Å². The number of furan rings is 1. The summed E-state index contributed by atoms with van der Waals surface area (Å²) in [6.07, 6.45) is 13.1. The van der Waals surface area contributed by atoms with Crippen LogP contribution in [0.3, 0.4) is 0 Å². The van der Waals surface area contributed by atoms with E-state index < -0.39 is 0 Å². The van der Waals surface area contributed by atoms with Crippen molar-refractivity contribution in [3.63, 3.8) is 0 Å². The molecule has 0 saturated heterocycles. The summed E-state index contributed by atoms with van der Waals surface area (Å²) in [6.45, 7) is 18.6. The van der Waals surface area contributed by atoms with Gasteiger partial charge in [-0.1, -0.05) is 119 Å². The Morgan fingerprint density at radius 2 is 1.55 bits per heavy atom. The van der Waals surface area contributed by atoms with E-state index in [0.29, 0.717) is 5.70 Å². The van der Waals surface area contributed by atoms with Crippen molar-refractivity contribution in [3.05, 3.63) is 150 Å². The van der Waals surface area contributed by atoms with Crippen LogP contribution in [0.5, 0.6) is 0 Å². The lowest BCUT2D eigenvalue weighted by Crippen LogP contribution is -2.12. The highest BCUT2D eigenvalue weighted by molar-refractivity contribution is 7.20. The molecule has 0 atom stereocenters. The van der Waals surface area contributed by atoms with Crippen LogP contribution in [-0.2, 0) is 0 Å². The predicted molar refractivity (Wildman–Crippen MR) is 209 cm³/mol. The molecule has 0 unspecified atom stereocenters. The second-order valence-corrected chi connectivity index (χ2v) is 12.6. The zero-order chi connectivity index (χ0) is 33.3. The minimum atomic E-state index is 0.489. The van der Waals surface area contributed by atoms with Gasteiger partial charge in [0.25, 0.3) is 0 Å². The molecule has 0 radical (unpaired) electrons. The minimum Gasteiger partial charge on any atom is -0.456 e. The second kappa shape index (κ2) is 15.5. The van der Waals surface area contributed by atoms with Crippen molar-refractivity contribution >= 4 is 60.7 Å². The number of unbranched alkanes of at least 4 members (excludes halogenated alkanes) is 2. The maximum atomic E-state index is 6.29. The van der Waals surface area contributed by atoms with Crippen LogP contribution < -0.4 is 11.1 Å². The summed E-state index contributed by atoms with van der Waals surface area (Å²) in [6, 6.07) is 29.3. The van der Waals surface area contributed by atoms with Crippen molar-refractivity contribution in [2.75, 3.05) is 5.32 Å². The maximum Gasteiger partial charge on any atom is 0.135 e. The second-order valence-electron chi connectivity index (χ2n) is 11.5. The molecule has 7 rings (SSSR count). The summed E-state index contributed by atoms with van der Waals surface area (Å²) in [5.41, 5.74) is 15.6. The van der Waals surface area contributed by atoms with E-state index >= 15 is 0 Å². The van der Waals surface area contributed by atoms with E-state index in [0.717, 1.165) is 78.9 Å². The Labute approximate surface area is 283 Å². The fourth-order valence-corrected chi connectivity index (χ4v) is 6.72. The SMILES string of the molecule is C=C(N)/C1=C/c2sc3ccccc3c2C(=C)c2cccc(-c3ccc4oc5ccccc5c4c3)c2N1.C=CCC/C=C\C.CCCC. The van der Waals surface area contributed by atoms with Crippen LogP contribution in [0.1, 0.15) is 62.5 Å². The largest absolute Gasteiger partial charge is 0.456 e. The molecule has 6 aromatic rings. The lowest BCUT2D eigenvalue weighted by molar-refractivity contribution is 0.669. The van der Waals surface area contributed by atoms with E-state index in [1.165, 1.54) is 22.9 Å². The summed E-state index contributed by atoms with van der Waals surface area (Å²) in [7, 11) is 0. The molecule has 3 nitrogen and oxygen atoms in total. The van der Waals surface area contributed by atoms with Crippen molar-refractivity contribution in [2.45, 2.75) is 46.5 Å². The highest BCUT2D eigenvalue weighted by Crippen LogP contribution is 2.46. The van der Waals surface area contributed by atoms with Gasteiger partial charge in [0, 0.05) is 48.1 Å². The summed E-state index contributed by atoms with van der Waals surface area (Å²) in [5.74, 6) is 0. The minimum absolute atomic E-state index is 0.489. The monoisotopic (exact) mass is 636 g/mol. The van der Waals surface area contributed by atoms with E-state index in [-0.39, 0.29) is 0 Å². The Morgan fingerprint density at radius 3 is 2.28 bits per heavy atom. The number of rotatable bonds is 6. The summed E-state index contributed by atoms with van der Waals surface area (Å²) < 4.78 is 7.28. The molecule has 3 heterocycles. The Balaban J connectivity index is 0.000000343. The third-order valence-electron chi connectivity index (χ3n) is 8.16. The zero-order valence-electron chi connectivity index (χ0n) is 27.7. The zero-order valence-corrected chi connectivity index (χ0v) is 28.6. The van der Waals surface area contributed by atoms with Gasteiger partial charge in [0.15, 0.2) is 0 Å².